The quantitative estimate of drug-likeness (QED) is 0.368. The van der Waals surface area contributed by atoms with E-state index >= 15 is 0 Å². The number of anilines is 2. The highest BCUT2D eigenvalue weighted by atomic mass is 32.1. The average Bonchev–Trinajstić information content (AvgIpc) is 3.30. The SMILES string of the molecule is Cc1ccc(OCc2nnc(C(=O)Nc3cccc(C(=O)Nc4ccc(C)cc4C)c3)s2)cc1. The summed E-state index contributed by atoms with van der Waals surface area (Å²) in [6, 6.07) is 20.3. The summed E-state index contributed by atoms with van der Waals surface area (Å²) in [5, 5.41) is 14.5. The maximum absolute atomic E-state index is 12.7. The number of nitrogens with one attached hydrogen (secondary N) is 2. The molecule has 0 radical (unpaired) electrons. The number of carbonyl (C=O) groups excluding carboxylic acids is 2. The number of rotatable bonds is 7. The van der Waals surface area contributed by atoms with Crippen molar-refractivity contribution < 1.29 is 14.3 Å². The molecular formula is C26H24N4O3S. The highest BCUT2D eigenvalue weighted by molar-refractivity contribution is 7.13. The number of aryl methyl sites for hydroxylation is 3. The molecular weight excluding hydrogens is 448 g/mol. The first-order valence-corrected chi connectivity index (χ1v) is 11.5. The molecule has 1 aromatic heterocycles. The lowest BCUT2D eigenvalue weighted by Crippen LogP contribution is -2.15. The van der Waals surface area contributed by atoms with E-state index in [1.165, 1.54) is 0 Å². The van der Waals surface area contributed by atoms with E-state index in [1.54, 1.807) is 24.3 Å². The van der Waals surface area contributed by atoms with E-state index < -0.39 is 5.91 Å². The number of hydrogen-bond donors (Lipinski definition) is 2. The molecule has 8 heteroatoms. The maximum atomic E-state index is 12.7. The first-order valence-electron chi connectivity index (χ1n) is 10.7. The Morgan fingerprint density at radius 1 is 0.853 bits per heavy atom. The van der Waals surface area contributed by atoms with Crippen LogP contribution < -0.4 is 15.4 Å². The number of nitrogens with zero attached hydrogens (tertiary/aromatic N) is 2. The van der Waals surface area contributed by atoms with Crippen molar-refractivity contribution in [3.63, 3.8) is 0 Å². The van der Waals surface area contributed by atoms with Crippen LogP contribution in [0.15, 0.2) is 66.7 Å². The summed E-state index contributed by atoms with van der Waals surface area (Å²) in [5.74, 6) is 0.0725. The van der Waals surface area contributed by atoms with Crippen LogP contribution in [0, 0.1) is 20.8 Å². The third-order valence-electron chi connectivity index (χ3n) is 5.06. The molecule has 4 rings (SSSR count). The van der Waals surface area contributed by atoms with E-state index in [2.05, 4.69) is 20.8 Å². The summed E-state index contributed by atoms with van der Waals surface area (Å²) in [4.78, 5) is 25.4. The van der Waals surface area contributed by atoms with Gasteiger partial charge >= 0.3 is 0 Å². The molecule has 4 aromatic rings. The van der Waals surface area contributed by atoms with Gasteiger partial charge in [-0.15, -0.1) is 10.2 Å². The summed E-state index contributed by atoms with van der Waals surface area (Å²) in [7, 11) is 0. The number of aromatic nitrogens is 2. The molecule has 34 heavy (non-hydrogen) atoms. The maximum Gasteiger partial charge on any atom is 0.286 e. The number of benzene rings is 3. The van der Waals surface area contributed by atoms with Crippen LogP contribution in [0.2, 0.25) is 0 Å². The lowest BCUT2D eigenvalue weighted by Gasteiger charge is -2.10. The zero-order chi connectivity index (χ0) is 24.1. The minimum Gasteiger partial charge on any atom is -0.486 e. The molecule has 172 valence electrons. The molecule has 2 amide bonds. The minimum atomic E-state index is -0.397. The summed E-state index contributed by atoms with van der Waals surface area (Å²) in [6.07, 6.45) is 0. The third-order valence-corrected chi connectivity index (χ3v) is 5.95. The highest BCUT2D eigenvalue weighted by Crippen LogP contribution is 2.20. The van der Waals surface area contributed by atoms with Gasteiger partial charge in [0.15, 0.2) is 5.01 Å². The van der Waals surface area contributed by atoms with Crippen molar-refractivity contribution in [1.29, 1.82) is 0 Å². The van der Waals surface area contributed by atoms with Crippen molar-refractivity contribution in [2.45, 2.75) is 27.4 Å². The second-order valence-electron chi connectivity index (χ2n) is 7.91. The van der Waals surface area contributed by atoms with Crippen LogP contribution in [0.5, 0.6) is 5.75 Å². The Morgan fingerprint density at radius 2 is 1.62 bits per heavy atom. The molecule has 0 spiro atoms. The predicted molar refractivity (Wildman–Crippen MR) is 134 cm³/mol. The minimum absolute atomic E-state index is 0.215. The Hall–Kier alpha value is -4.04. The van der Waals surface area contributed by atoms with Gasteiger partial charge < -0.3 is 15.4 Å². The number of ether oxygens (including phenoxy) is 1. The molecule has 3 aromatic carbocycles. The van der Waals surface area contributed by atoms with Crippen molar-refractivity contribution >= 4 is 34.5 Å². The van der Waals surface area contributed by atoms with Crippen LogP contribution in [0.4, 0.5) is 11.4 Å². The zero-order valence-electron chi connectivity index (χ0n) is 19.1. The number of hydrogen-bond acceptors (Lipinski definition) is 6. The molecule has 7 nitrogen and oxygen atoms in total. The molecule has 0 saturated heterocycles. The van der Waals surface area contributed by atoms with E-state index in [1.807, 2.05) is 63.2 Å². The van der Waals surface area contributed by atoms with Gasteiger partial charge in [0, 0.05) is 16.9 Å². The van der Waals surface area contributed by atoms with Gasteiger partial charge in [0.05, 0.1) is 0 Å². The van der Waals surface area contributed by atoms with Gasteiger partial charge in [-0.05, 0) is 62.7 Å². The molecule has 0 unspecified atom stereocenters. The first kappa shape index (κ1) is 23.1. The van der Waals surface area contributed by atoms with Crippen molar-refractivity contribution in [2.75, 3.05) is 10.6 Å². The van der Waals surface area contributed by atoms with Crippen molar-refractivity contribution in [3.8, 4) is 5.75 Å². The number of amides is 2. The van der Waals surface area contributed by atoms with E-state index in [9.17, 15) is 9.59 Å². The molecule has 0 aliphatic rings. The fourth-order valence-corrected chi connectivity index (χ4v) is 3.90. The highest BCUT2D eigenvalue weighted by Gasteiger charge is 2.15. The standard InChI is InChI=1S/C26H24N4O3S/c1-16-7-10-21(11-8-16)33-15-23-29-30-26(34-23)25(32)27-20-6-4-5-19(14-20)24(31)28-22-12-9-17(2)13-18(22)3/h4-14H,15H2,1-3H3,(H,27,32)(H,28,31). The largest absolute Gasteiger partial charge is 0.486 e. The van der Waals surface area contributed by atoms with Crippen LogP contribution in [0.25, 0.3) is 0 Å². The van der Waals surface area contributed by atoms with Gasteiger partial charge in [0.1, 0.15) is 12.4 Å². The molecule has 0 atom stereocenters. The summed E-state index contributed by atoms with van der Waals surface area (Å²) >= 11 is 1.16. The monoisotopic (exact) mass is 472 g/mol. The van der Waals surface area contributed by atoms with E-state index in [-0.39, 0.29) is 17.5 Å². The Morgan fingerprint density at radius 3 is 2.38 bits per heavy atom. The summed E-state index contributed by atoms with van der Waals surface area (Å²) < 4.78 is 5.70. The average molecular weight is 473 g/mol. The van der Waals surface area contributed by atoms with Crippen molar-refractivity contribution in [3.05, 3.63) is 99.0 Å². The van der Waals surface area contributed by atoms with E-state index in [0.29, 0.717) is 16.3 Å². The lowest BCUT2D eigenvalue weighted by atomic mass is 10.1. The fourth-order valence-electron chi connectivity index (χ4n) is 3.25. The summed E-state index contributed by atoms with van der Waals surface area (Å²) in [6.45, 7) is 6.18. The van der Waals surface area contributed by atoms with Crippen LogP contribution in [-0.2, 0) is 6.61 Å². The van der Waals surface area contributed by atoms with Gasteiger partial charge in [0.2, 0.25) is 5.01 Å². The van der Waals surface area contributed by atoms with Crippen molar-refractivity contribution in [2.24, 2.45) is 0 Å². The zero-order valence-corrected chi connectivity index (χ0v) is 19.9. The third kappa shape index (κ3) is 5.85. The van der Waals surface area contributed by atoms with Crippen LogP contribution in [-0.4, -0.2) is 22.0 Å². The molecule has 0 aliphatic carbocycles. The van der Waals surface area contributed by atoms with Gasteiger partial charge in [-0.2, -0.15) is 0 Å². The molecule has 0 fully saturated rings. The summed E-state index contributed by atoms with van der Waals surface area (Å²) in [5.41, 5.74) is 4.93. The van der Waals surface area contributed by atoms with Gasteiger partial charge in [-0.3, -0.25) is 9.59 Å². The fraction of sp³-hybridized carbons (Fsp3) is 0.154. The molecule has 2 N–H and O–H groups in total. The molecule has 1 heterocycles. The Balaban J connectivity index is 1.37. The van der Waals surface area contributed by atoms with Gasteiger partial charge in [0.25, 0.3) is 11.8 Å². The van der Waals surface area contributed by atoms with Crippen molar-refractivity contribution in [1.82, 2.24) is 10.2 Å². The number of carbonyl (C=O) groups is 2. The molecule has 0 aliphatic heterocycles. The first-order chi connectivity index (χ1) is 16.4. The van der Waals surface area contributed by atoms with Gasteiger partial charge in [-0.25, -0.2) is 0 Å². The van der Waals surface area contributed by atoms with E-state index in [4.69, 9.17) is 4.74 Å². The second kappa shape index (κ2) is 10.3. The molecule has 0 bridgehead atoms. The predicted octanol–water partition coefficient (Wildman–Crippen LogP) is 5.55. The van der Waals surface area contributed by atoms with Crippen LogP contribution >= 0.6 is 11.3 Å². The van der Waals surface area contributed by atoms with Crippen LogP contribution in [0.1, 0.15) is 41.9 Å². The molecule has 0 saturated carbocycles. The second-order valence-corrected chi connectivity index (χ2v) is 8.97. The smallest absolute Gasteiger partial charge is 0.286 e. The topological polar surface area (TPSA) is 93.2 Å². The van der Waals surface area contributed by atoms with E-state index in [0.717, 1.165) is 39.5 Å². The Bertz CT molecular complexity index is 1330. The Labute approximate surface area is 201 Å². The lowest BCUT2D eigenvalue weighted by molar-refractivity contribution is 0.101. The normalized spacial score (nSPS) is 10.6. The Kier molecular flexibility index (Phi) is 6.98. The van der Waals surface area contributed by atoms with Crippen LogP contribution in [0.3, 0.4) is 0 Å². The van der Waals surface area contributed by atoms with Gasteiger partial charge in [-0.1, -0.05) is 52.8 Å².